The Kier molecular flexibility index (Phi) is 9.69. The fraction of sp³-hybridized carbons (Fsp3) is 0.429. The van der Waals surface area contributed by atoms with E-state index in [4.69, 9.17) is 28.4 Å². The zero-order valence-electron chi connectivity index (χ0n) is 16.9. The number of methoxy groups -OCH3 is 3. The molecule has 2 rings (SSSR count). The topological polar surface area (TPSA) is 95.8 Å². The van der Waals surface area contributed by atoms with E-state index in [-0.39, 0.29) is 26.8 Å². The predicted molar refractivity (Wildman–Crippen MR) is 105 cm³/mol. The molecule has 0 bridgehead atoms. The molecule has 8 heteroatoms. The van der Waals surface area contributed by atoms with E-state index < -0.39 is 12.2 Å². The highest BCUT2D eigenvalue weighted by Gasteiger charge is 2.21. The lowest BCUT2D eigenvalue weighted by Crippen LogP contribution is -2.21. The van der Waals surface area contributed by atoms with E-state index >= 15 is 0 Å². The van der Waals surface area contributed by atoms with Crippen LogP contribution in [0.5, 0.6) is 17.2 Å². The van der Waals surface area contributed by atoms with Crippen LogP contribution in [0.1, 0.15) is 17.2 Å². The molecule has 2 aromatic carbocycles. The third-order valence-electron chi connectivity index (χ3n) is 4.07. The Morgan fingerprint density at radius 2 is 1.28 bits per heavy atom. The first-order chi connectivity index (χ1) is 14.1. The molecule has 0 aliphatic carbocycles. The van der Waals surface area contributed by atoms with E-state index in [1.165, 1.54) is 21.3 Å². The van der Waals surface area contributed by atoms with Crippen molar-refractivity contribution in [1.82, 2.24) is 0 Å². The smallest absolute Gasteiger partial charge is 0.188 e. The van der Waals surface area contributed by atoms with Crippen LogP contribution in [0, 0.1) is 0 Å². The summed E-state index contributed by atoms with van der Waals surface area (Å²) in [6, 6.07) is 12.0. The molecule has 0 radical (unpaired) electrons. The summed E-state index contributed by atoms with van der Waals surface area (Å²) in [5.74, 6) is 1.66. The number of hydrogen-bond donors (Lipinski definition) is 2. The van der Waals surface area contributed by atoms with E-state index in [9.17, 15) is 10.2 Å². The van der Waals surface area contributed by atoms with Crippen LogP contribution < -0.4 is 14.2 Å². The lowest BCUT2D eigenvalue weighted by Gasteiger charge is -2.20. The van der Waals surface area contributed by atoms with Gasteiger partial charge in [0, 0.05) is 33.8 Å². The third kappa shape index (κ3) is 7.19. The van der Waals surface area contributed by atoms with Gasteiger partial charge in [-0.15, -0.1) is 0 Å². The van der Waals surface area contributed by atoms with E-state index in [0.29, 0.717) is 28.4 Å². The molecule has 0 aliphatic rings. The average molecular weight is 408 g/mol. The number of aliphatic hydroxyl groups is 2. The van der Waals surface area contributed by atoms with Crippen molar-refractivity contribution >= 4 is 0 Å². The van der Waals surface area contributed by atoms with Crippen molar-refractivity contribution in [3.05, 3.63) is 53.6 Å². The first-order valence-corrected chi connectivity index (χ1v) is 9.03. The van der Waals surface area contributed by atoms with Gasteiger partial charge in [-0.1, -0.05) is 18.2 Å². The minimum atomic E-state index is -1.08. The van der Waals surface area contributed by atoms with E-state index in [1.54, 1.807) is 42.5 Å². The summed E-state index contributed by atoms with van der Waals surface area (Å²) in [5, 5.41) is 21.1. The van der Waals surface area contributed by atoms with Crippen molar-refractivity contribution in [2.24, 2.45) is 0 Å². The van der Waals surface area contributed by atoms with Crippen molar-refractivity contribution in [2.75, 3.05) is 41.7 Å². The fourth-order valence-corrected chi connectivity index (χ4v) is 2.62. The van der Waals surface area contributed by atoms with Gasteiger partial charge in [0.25, 0.3) is 0 Å². The molecule has 0 aliphatic heterocycles. The summed E-state index contributed by atoms with van der Waals surface area (Å²) in [7, 11) is 4.59. The minimum Gasteiger partial charge on any atom is -0.468 e. The van der Waals surface area contributed by atoms with Crippen LogP contribution in [0.15, 0.2) is 42.5 Å². The van der Waals surface area contributed by atoms with Gasteiger partial charge in [-0.2, -0.15) is 0 Å². The lowest BCUT2D eigenvalue weighted by atomic mass is 9.98. The summed E-state index contributed by atoms with van der Waals surface area (Å²) in [6.07, 6.45) is -1.95. The molecule has 8 nitrogen and oxygen atoms in total. The Morgan fingerprint density at radius 3 is 1.90 bits per heavy atom. The summed E-state index contributed by atoms with van der Waals surface area (Å²) in [4.78, 5) is 0. The summed E-state index contributed by atoms with van der Waals surface area (Å²) < 4.78 is 31.0. The largest absolute Gasteiger partial charge is 0.468 e. The Bertz CT molecular complexity index is 719. The molecule has 160 valence electrons. The van der Waals surface area contributed by atoms with Gasteiger partial charge in [-0.05, 0) is 29.3 Å². The Hall–Kier alpha value is -2.36. The molecule has 2 aromatic rings. The standard InChI is InChI=1S/C21H28O8/c1-24-12-27-17-7-4-15(5-8-17)21(23)19(22)10-16-6-9-18(28-13-25-2)11-20(16)29-14-26-3/h4-9,11,19,21-23H,10,12-14H2,1-3H3/t19-,21-/m0/s1. The molecular weight excluding hydrogens is 380 g/mol. The van der Waals surface area contributed by atoms with Gasteiger partial charge >= 0.3 is 0 Å². The van der Waals surface area contributed by atoms with Crippen molar-refractivity contribution in [3.63, 3.8) is 0 Å². The molecule has 0 amide bonds. The molecule has 0 aromatic heterocycles. The van der Waals surface area contributed by atoms with E-state index in [2.05, 4.69) is 0 Å². The summed E-state index contributed by atoms with van der Waals surface area (Å²) in [6.45, 7) is 0.287. The third-order valence-corrected chi connectivity index (χ3v) is 4.07. The molecule has 0 saturated heterocycles. The van der Waals surface area contributed by atoms with Crippen LogP contribution in [0.4, 0.5) is 0 Å². The van der Waals surface area contributed by atoms with Crippen LogP contribution in [0.25, 0.3) is 0 Å². The van der Waals surface area contributed by atoms with Crippen molar-refractivity contribution < 1.29 is 38.6 Å². The first-order valence-electron chi connectivity index (χ1n) is 9.03. The highest BCUT2D eigenvalue weighted by atomic mass is 16.7. The highest BCUT2D eigenvalue weighted by molar-refractivity contribution is 5.41. The Labute approximate surface area is 170 Å². The first kappa shape index (κ1) is 22.9. The maximum atomic E-state index is 10.6. The quantitative estimate of drug-likeness (QED) is 0.488. The monoisotopic (exact) mass is 408 g/mol. The molecule has 0 heterocycles. The normalized spacial score (nSPS) is 13.0. The second-order valence-electron chi connectivity index (χ2n) is 6.21. The molecule has 0 spiro atoms. The number of aliphatic hydroxyl groups excluding tert-OH is 2. The molecular formula is C21H28O8. The average Bonchev–Trinajstić information content (AvgIpc) is 2.75. The zero-order valence-corrected chi connectivity index (χ0v) is 16.9. The minimum absolute atomic E-state index is 0.0440. The van der Waals surface area contributed by atoms with Crippen molar-refractivity contribution in [1.29, 1.82) is 0 Å². The molecule has 0 saturated carbocycles. The summed E-state index contributed by atoms with van der Waals surface area (Å²) >= 11 is 0. The van der Waals surface area contributed by atoms with Gasteiger partial charge in [0.2, 0.25) is 0 Å². The maximum Gasteiger partial charge on any atom is 0.188 e. The highest BCUT2D eigenvalue weighted by Crippen LogP contribution is 2.29. The van der Waals surface area contributed by atoms with E-state index in [1.807, 2.05) is 0 Å². The number of ether oxygens (including phenoxy) is 6. The maximum absolute atomic E-state index is 10.6. The second kappa shape index (κ2) is 12.3. The summed E-state index contributed by atoms with van der Waals surface area (Å²) in [5.41, 5.74) is 1.28. The van der Waals surface area contributed by atoms with Crippen molar-refractivity contribution in [2.45, 2.75) is 18.6 Å². The molecule has 2 atom stereocenters. The zero-order chi connectivity index (χ0) is 21.1. The second-order valence-corrected chi connectivity index (χ2v) is 6.21. The van der Waals surface area contributed by atoms with Crippen molar-refractivity contribution in [3.8, 4) is 17.2 Å². The predicted octanol–water partition coefficient (Wildman–Crippen LogP) is 2.27. The molecule has 0 fully saturated rings. The molecule has 2 N–H and O–H groups in total. The van der Waals surface area contributed by atoms with Crippen LogP contribution in [0.2, 0.25) is 0 Å². The molecule has 29 heavy (non-hydrogen) atoms. The van der Waals surface area contributed by atoms with Crippen LogP contribution in [-0.2, 0) is 20.6 Å². The number of rotatable bonds is 13. The van der Waals surface area contributed by atoms with Crippen LogP contribution in [0.3, 0.4) is 0 Å². The van der Waals surface area contributed by atoms with Gasteiger partial charge in [0.15, 0.2) is 20.4 Å². The fourth-order valence-electron chi connectivity index (χ4n) is 2.62. The number of benzene rings is 2. The van der Waals surface area contributed by atoms with E-state index in [0.717, 1.165) is 0 Å². The van der Waals surface area contributed by atoms with Gasteiger partial charge in [-0.3, -0.25) is 0 Å². The Morgan fingerprint density at radius 1 is 0.724 bits per heavy atom. The van der Waals surface area contributed by atoms with Gasteiger partial charge in [0.1, 0.15) is 23.4 Å². The van der Waals surface area contributed by atoms with Crippen LogP contribution in [-0.4, -0.2) is 58.0 Å². The lowest BCUT2D eigenvalue weighted by molar-refractivity contribution is 0.0169. The molecule has 0 unspecified atom stereocenters. The number of hydrogen-bond acceptors (Lipinski definition) is 8. The SMILES string of the molecule is COCOc1ccc([C@H](O)[C@@H](O)Cc2ccc(OCOC)cc2OCOC)cc1. The van der Waals surface area contributed by atoms with Gasteiger partial charge < -0.3 is 38.6 Å². The Balaban J connectivity index is 2.07. The van der Waals surface area contributed by atoms with Gasteiger partial charge in [-0.25, -0.2) is 0 Å². The van der Waals surface area contributed by atoms with Gasteiger partial charge in [0.05, 0.1) is 6.10 Å². The van der Waals surface area contributed by atoms with Crippen LogP contribution >= 0.6 is 0 Å².